The maximum atomic E-state index is 11.9. The van der Waals surface area contributed by atoms with Crippen molar-refractivity contribution in [3.8, 4) is 0 Å². The number of fused-ring (bicyclic) bond motifs is 1. The lowest BCUT2D eigenvalue weighted by molar-refractivity contribution is -0.0512. The van der Waals surface area contributed by atoms with Gasteiger partial charge in [-0.25, -0.2) is 28.6 Å². The molecule has 18 nitrogen and oxygen atoms in total. The van der Waals surface area contributed by atoms with Crippen LogP contribution in [-0.4, -0.2) is 74.2 Å². The zero-order valence-electron chi connectivity index (χ0n) is 15.3. The average Bonchev–Trinajstić information content (AvgIpc) is 3.08. The van der Waals surface area contributed by atoms with Crippen LogP contribution in [0.25, 0.3) is 11.2 Å². The van der Waals surface area contributed by atoms with Gasteiger partial charge in [0.25, 0.3) is 0 Å². The highest BCUT2D eigenvalue weighted by Gasteiger charge is 2.47. The van der Waals surface area contributed by atoms with Crippen molar-refractivity contribution in [1.82, 2.24) is 24.4 Å². The van der Waals surface area contributed by atoms with Crippen LogP contribution >= 0.6 is 39.2 Å². The molecule has 0 aromatic carbocycles. The Morgan fingerprint density at radius 2 is 1.84 bits per heavy atom. The molecule has 1 aliphatic heterocycles. The van der Waals surface area contributed by atoms with Crippen LogP contribution in [0.3, 0.4) is 0 Å². The van der Waals surface area contributed by atoms with Crippen LogP contribution in [0.5, 0.6) is 0 Å². The molecule has 1 fully saturated rings. The van der Waals surface area contributed by atoms with E-state index < -0.39 is 54.5 Å². The van der Waals surface area contributed by atoms with Gasteiger partial charge >= 0.3 is 23.3 Å². The second-order valence-electron chi connectivity index (χ2n) is 6.24. The van der Waals surface area contributed by atoms with Crippen molar-refractivity contribution in [2.24, 2.45) is 0 Å². The minimum atomic E-state index is -5.46. The summed E-state index contributed by atoms with van der Waals surface area (Å²) in [5.74, 6) is 0.0260. The molecule has 3 rings (SSSR count). The molecule has 9 N–H and O–H groups in total. The fraction of sp³-hybridized carbons (Fsp3) is 0.500. The predicted octanol–water partition coefficient (Wildman–Crippen LogP) is -1.29. The highest BCUT2D eigenvalue weighted by molar-refractivity contribution is 9.10. The molecule has 0 aliphatic carbocycles. The number of aliphatic hydroxyl groups excluding tert-OH is 2. The molecule has 0 amide bonds. The molecule has 0 spiro atoms. The maximum absolute atomic E-state index is 11.9. The fourth-order valence-corrected chi connectivity index (χ4v) is 6.70. The third-order valence-electron chi connectivity index (χ3n) is 3.93. The summed E-state index contributed by atoms with van der Waals surface area (Å²) in [5.41, 5.74) is 6.01. The molecule has 32 heavy (non-hydrogen) atoms. The van der Waals surface area contributed by atoms with Gasteiger partial charge in [-0.2, -0.15) is 4.31 Å². The van der Waals surface area contributed by atoms with Gasteiger partial charge in [0, 0.05) is 0 Å². The molecular weight excluding hydrogens is 569 g/mol. The van der Waals surface area contributed by atoms with Crippen LogP contribution in [0.4, 0.5) is 5.82 Å². The van der Waals surface area contributed by atoms with Crippen molar-refractivity contribution < 1.29 is 57.1 Å². The van der Waals surface area contributed by atoms with Gasteiger partial charge in [-0.1, -0.05) is 0 Å². The van der Waals surface area contributed by atoms with Gasteiger partial charge in [-0.3, -0.25) is 9.09 Å². The molecule has 1 aliphatic rings. The monoisotopic (exact) mass is 584 g/mol. The molecular formula is C10H16BrN6O12P3. The SMILES string of the molecule is Nc1ncnc2c1nc(Br)n2[C@@H]1O[C@H](COP(=O)(O)OP(=O)(O)NP(=O)(O)O)[C@@H](O)[C@H]1O. The number of nitrogens with one attached hydrogen (secondary N) is 1. The molecule has 2 aromatic heterocycles. The number of phosphoric acid groups is 1. The van der Waals surface area contributed by atoms with Gasteiger partial charge in [-0.05, 0) is 15.9 Å². The Morgan fingerprint density at radius 1 is 1.19 bits per heavy atom. The molecule has 0 radical (unpaired) electrons. The summed E-state index contributed by atoms with van der Waals surface area (Å²) in [5, 5.41) is 20.6. The molecule has 0 saturated carbocycles. The summed E-state index contributed by atoms with van der Waals surface area (Å²) in [6.45, 7) is -0.945. The number of imidazole rings is 1. The highest BCUT2D eigenvalue weighted by atomic mass is 79.9. The Balaban J connectivity index is 1.73. The molecule has 3 heterocycles. The minimum Gasteiger partial charge on any atom is -0.387 e. The lowest BCUT2D eigenvalue weighted by atomic mass is 10.1. The van der Waals surface area contributed by atoms with Gasteiger partial charge in [0.05, 0.1) is 6.61 Å². The number of ether oxygens (including phenoxy) is 1. The molecule has 180 valence electrons. The number of phosphoric ester groups is 1. The predicted molar refractivity (Wildman–Crippen MR) is 105 cm³/mol. The van der Waals surface area contributed by atoms with Crippen LogP contribution in [0.1, 0.15) is 6.23 Å². The summed E-state index contributed by atoms with van der Waals surface area (Å²) >= 11 is 3.14. The largest absolute Gasteiger partial charge is 0.480 e. The second kappa shape index (κ2) is 9.05. The van der Waals surface area contributed by atoms with Gasteiger partial charge in [0.2, 0.25) is 0 Å². The summed E-state index contributed by atoms with van der Waals surface area (Å²) < 4.78 is 49.2. The van der Waals surface area contributed by atoms with E-state index in [1.807, 2.05) is 0 Å². The highest BCUT2D eigenvalue weighted by Crippen LogP contribution is 2.61. The Labute approximate surface area is 185 Å². The molecule has 1 saturated heterocycles. The number of hydrogen-bond donors (Lipinski definition) is 8. The van der Waals surface area contributed by atoms with E-state index >= 15 is 0 Å². The van der Waals surface area contributed by atoms with Crippen LogP contribution in [0.2, 0.25) is 0 Å². The second-order valence-corrected chi connectivity index (χ2v) is 11.7. The normalized spacial score (nSPS) is 28.0. The molecule has 0 bridgehead atoms. The minimum absolute atomic E-state index is 0.0260. The first-order chi connectivity index (χ1) is 14.6. The van der Waals surface area contributed by atoms with E-state index in [0.717, 1.165) is 11.2 Å². The quantitative estimate of drug-likeness (QED) is 0.132. The molecule has 22 heteroatoms. The summed E-state index contributed by atoms with van der Waals surface area (Å²) in [4.78, 5) is 48.7. The number of hydrogen-bond acceptors (Lipinski definition) is 12. The lowest BCUT2D eigenvalue weighted by Gasteiger charge is -2.20. The lowest BCUT2D eigenvalue weighted by Crippen LogP contribution is -2.33. The van der Waals surface area contributed by atoms with Crippen molar-refractivity contribution in [3.63, 3.8) is 0 Å². The van der Waals surface area contributed by atoms with E-state index in [9.17, 15) is 33.7 Å². The average molecular weight is 585 g/mol. The number of nitrogens with zero attached hydrogens (tertiary/aromatic N) is 4. The van der Waals surface area contributed by atoms with E-state index in [4.69, 9.17) is 20.3 Å². The van der Waals surface area contributed by atoms with E-state index in [-0.39, 0.29) is 21.7 Å². The Morgan fingerprint density at radius 3 is 2.47 bits per heavy atom. The first kappa shape index (κ1) is 25.7. The van der Waals surface area contributed by atoms with Crippen molar-refractivity contribution in [1.29, 1.82) is 0 Å². The van der Waals surface area contributed by atoms with Gasteiger partial charge in [0.1, 0.15) is 24.6 Å². The molecule has 6 atom stereocenters. The van der Waals surface area contributed by atoms with Crippen LogP contribution in [0, 0.1) is 0 Å². The molecule has 2 aromatic rings. The number of aliphatic hydroxyl groups is 2. The van der Waals surface area contributed by atoms with Gasteiger partial charge in [-0.15, -0.1) is 4.86 Å². The number of nitrogen functional groups attached to an aromatic ring is 1. The van der Waals surface area contributed by atoms with Crippen LogP contribution < -0.4 is 10.6 Å². The van der Waals surface area contributed by atoms with Gasteiger partial charge in [0.15, 0.2) is 27.9 Å². The Kier molecular flexibility index (Phi) is 7.28. The van der Waals surface area contributed by atoms with E-state index in [1.54, 1.807) is 0 Å². The Bertz CT molecular complexity index is 1160. The first-order valence-corrected chi connectivity index (χ1v) is 13.6. The van der Waals surface area contributed by atoms with Gasteiger partial charge < -0.3 is 40.3 Å². The van der Waals surface area contributed by atoms with Crippen LogP contribution in [-0.2, 0) is 27.3 Å². The van der Waals surface area contributed by atoms with Crippen LogP contribution in [0.15, 0.2) is 11.1 Å². The standard InChI is InChI=1S/C10H16BrN6O12P3/c11-10-15-4-7(12)13-2-14-8(4)17(10)9-6(19)5(18)3(28-9)1-27-32(25,26)29-31(23,24)16-30(20,21)22/h2-3,5-6,9,18-19H,1H2,(H,25,26)(H2,12,13,14)(H4,16,20,21,22,23,24)/t3-,5-,6-,9-/m1/s1. The zero-order valence-corrected chi connectivity index (χ0v) is 19.6. The van der Waals surface area contributed by atoms with E-state index in [1.165, 1.54) is 4.57 Å². The van der Waals surface area contributed by atoms with Crippen molar-refractivity contribution >= 4 is 56.2 Å². The molecule has 2 unspecified atom stereocenters. The topological polar surface area (TPSA) is 282 Å². The summed E-state index contributed by atoms with van der Waals surface area (Å²) in [6.07, 6.45) is -4.97. The van der Waals surface area contributed by atoms with E-state index in [2.05, 4.69) is 39.7 Å². The first-order valence-electron chi connectivity index (χ1n) is 8.12. The van der Waals surface area contributed by atoms with E-state index in [0.29, 0.717) is 0 Å². The van der Waals surface area contributed by atoms with Crippen molar-refractivity contribution in [2.75, 3.05) is 12.3 Å². The summed E-state index contributed by atoms with van der Waals surface area (Å²) in [7, 11) is -16.2. The fourth-order valence-electron chi connectivity index (χ4n) is 2.72. The third-order valence-corrected chi connectivity index (χ3v) is 8.73. The zero-order chi connectivity index (χ0) is 24.1. The smallest absolute Gasteiger partial charge is 0.387 e. The number of anilines is 1. The summed E-state index contributed by atoms with van der Waals surface area (Å²) in [6, 6.07) is 0. The number of aromatic nitrogens is 4. The third kappa shape index (κ3) is 5.78. The maximum Gasteiger partial charge on any atom is 0.480 e. The van der Waals surface area contributed by atoms with Crippen molar-refractivity contribution in [2.45, 2.75) is 24.5 Å². The Hall–Kier alpha value is -0.880. The number of halogens is 1. The number of rotatable bonds is 8. The number of nitrogens with two attached hydrogens (primary N) is 1. The van der Waals surface area contributed by atoms with Crippen molar-refractivity contribution in [3.05, 3.63) is 11.1 Å².